The molecule has 4 rings (SSSR count). The Bertz CT molecular complexity index is 1190. The molecule has 0 aromatic heterocycles. The molecule has 0 N–H and O–H groups in total. The van der Waals surface area contributed by atoms with Crippen molar-refractivity contribution in [3.8, 4) is 0 Å². The minimum Gasteiger partial charge on any atom is -0.289 e. The highest BCUT2D eigenvalue weighted by molar-refractivity contribution is 7.99. The first kappa shape index (κ1) is 18.3. The number of sulfone groups is 1. The molecule has 27 heavy (non-hydrogen) atoms. The van der Waals surface area contributed by atoms with E-state index in [2.05, 4.69) is 0 Å². The summed E-state index contributed by atoms with van der Waals surface area (Å²) in [5, 5.41) is 0.100. The SMILES string of the molecule is Cc1cccc(C)c1Sc1ccc2c(c1Cl)S(=O)(=O)c1ccccc1C2=O. The lowest BCUT2D eigenvalue weighted by Crippen LogP contribution is -2.20. The number of hydrogen-bond donors (Lipinski definition) is 0. The second-order valence-electron chi connectivity index (χ2n) is 6.41. The minimum absolute atomic E-state index is 0.0126. The van der Waals surface area contributed by atoms with E-state index in [-0.39, 0.29) is 31.7 Å². The molecule has 3 nitrogen and oxygen atoms in total. The molecular weight excluding hydrogens is 400 g/mol. The van der Waals surface area contributed by atoms with Crippen LogP contribution in [0.15, 0.2) is 74.2 Å². The van der Waals surface area contributed by atoms with Gasteiger partial charge in [0, 0.05) is 20.9 Å². The lowest BCUT2D eigenvalue weighted by Gasteiger charge is -2.21. The van der Waals surface area contributed by atoms with E-state index in [1.807, 2.05) is 32.0 Å². The largest absolute Gasteiger partial charge is 0.289 e. The standard InChI is InChI=1S/C21H15ClO3S2/c1-12-6-5-7-13(2)20(12)26-16-11-10-15-19(23)14-8-3-4-9-17(14)27(24,25)21(15)18(16)22/h3-11H,1-2H3. The van der Waals surface area contributed by atoms with Crippen molar-refractivity contribution in [1.29, 1.82) is 0 Å². The summed E-state index contributed by atoms with van der Waals surface area (Å²) in [6.07, 6.45) is 0. The summed E-state index contributed by atoms with van der Waals surface area (Å²) in [5.74, 6) is -0.319. The lowest BCUT2D eigenvalue weighted by molar-refractivity contribution is 0.103. The van der Waals surface area contributed by atoms with Crippen LogP contribution in [-0.2, 0) is 9.84 Å². The van der Waals surface area contributed by atoms with E-state index in [0.29, 0.717) is 4.90 Å². The van der Waals surface area contributed by atoms with Crippen molar-refractivity contribution in [2.45, 2.75) is 33.4 Å². The third-order valence-electron chi connectivity index (χ3n) is 4.62. The number of ketones is 1. The fourth-order valence-corrected chi connectivity index (χ4v) is 6.65. The Morgan fingerprint density at radius 3 is 2.22 bits per heavy atom. The Morgan fingerprint density at radius 2 is 1.52 bits per heavy atom. The number of aryl methyl sites for hydroxylation is 2. The number of rotatable bonds is 2. The van der Waals surface area contributed by atoms with Gasteiger partial charge in [-0.25, -0.2) is 8.42 Å². The molecule has 0 saturated heterocycles. The summed E-state index contributed by atoms with van der Waals surface area (Å²) in [6.45, 7) is 4.00. The zero-order chi connectivity index (χ0) is 19.3. The summed E-state index contributed by atoms with van der Waals surface area (Å²) >= 11 is 7.96. The Morgan fingerprint density at radius 1 is 0.852 bits per heavy atom. The van der Waals surface area contributed by atoms with Crippen molar-refractivity contribution in [1.82, 2.24) is 0 Å². The maximum Gasteiger partial charge on any atom is 0.209 e. The van der Waals surface area contributed by atoms with Gasteiger partial charge in [0.25, 0.3) is 0 Å². The van der Waals surface area contributed by atoms with Crippen molar-refractivity contribution in [3.05, 3.63) is 81.9 Å². The Hall–Kier alpha value is -2.08. The molecule has 0 saturated carbocycles. The Labute approximate surface area is 167 Å². The van der Waals surface area contributed by atoms with Crippen molar-refractivity contribution < 1.29 is 13.2 Å². The van der Waals surface area contributed by atoms with E-state index in [9.17, 15) is 13.2 Å². The number of carbonyl (C=O) groups excluding carboxylic acids is 1. The lowest BCUT2D eigenvalue weighted by atomic mass is 10.0. The number of benzene rings is 3. The summed E-state index contributed by atoms with van der Waals surface area (Å²) in [5.41, 5.74) is 2.48. The molecule has 0 bridgehead atoms. The van der Waals surface area contributed by atoms with Gasteiger partial charge in [-0.3, -0.25) is 4.79 Å². The van der Waals surface area contributed by atoms with Crippen molar-refractivity contribution >= 4 is 39.0 Å². The molecule has 0 spiro atoms. The molecule has 3 aromatic carbocycles. The quantitative estimate of drug-likeness (QED) is 0.435. The van der Waals surface area contributed by atoms with Crippen LogP contribution in [0, 0.1) is 13.8 Å². The molecule has 136 valence electrons. The predicted octanol–water partition coefficient (Wildman–Crippen LogP) is 5.49. The van der Waals surface area contributed by atoms with Gasteiger partial charge >= 0.3 is 0 Å². The van der Waals surface area contributed by atoms with Crippen LogP contribution in [0.3, 0.4) is 0 Å². The van der Waals surface area contributed by atoms with Crippen LogP contribution < -0.4 is 0 Å². The first-order valence-electron chi connectivity index (χ1n) is 8.27. The molecule has 0 amide bonds. The molecule has 0 unspecified atom stereocenters. The summed E-state index contributed by atoms with van der Waals surface area (Å²) in [6, 6.07) is 15.5. The number of hydrogen-bond acceptors (Lipinski definition) is 4. The average molecular weight is 415 g/mol. The monoisotopic (exact) mass is 414 g/mol. The number of halogens is 1. The van der Waals surface area contributed by atoms with Gasteiger partial charge in [-0.05, 0) is 49.2 Å². The zero-order valence-corrected chi connectivity index (χ0v) is 17.0. The summed E-state index contributed by atoms with van der Waals surface area (Å²) in [4.78, 5) is 14.4. The van der Waals surface area contributed by atoms with Gasteiger partial charge in [-0.1, -0.05) is 53.7 Å². The second-order valence-corrected chi connectivity index (χ2v) is 9.69. The fourth-order valence-electron chi connectivity index (χ4n) is 3.27. The van der Waals surface area contributed by atoms with Crippen LogP contribution in [0.1, 0.15) is 27.0 Å². The molecular formula is C21H15ClO3S2. The van der Waals surface area contributed by atoms with Gasteiger partial charge in [-0.15, -0.1) is 0 Å². The molecule has 0 radical (unpaired) electrons. The summed E-state index contributed by atoms with van der Waals surface area (Å²) in [7, 11) is -3.87. The van der Waals surface area contributed by atoms with Crippen LogP contribution in [0.25, 0.3) is 0 Å². The highest BCUT2D eigenvalue weighted by Gasteiger charge is 2.37. The molecule has 6 heteroatoms. The minimum atomic E-state index is -3.87. The number of carbonyl (C=O) groups is 1. The van der Waals surface area contributed by atoms with Crippen molar-refractivity contribution in [2.24, 2.45) is 0 Å². The number of fused-ring (bicyclic) bond motifs is 2. The summed E-state index contributed by atoms with van der Waals surface area (Å²) < 4.78 is 26.3. The van der Waals surface area contributed by atoms with Crippen LogP contribution in [0.5, 0.6) is 0 Å². The second kappa shape index (κ2) is 6.51. The van der Waals surface area contributed by atoms with Gasteiger partial charge in [0.15, 0.2) is 5.78 Å². The topological polar surface area (TPSA) is 51.2 Å². The molecule has 1 heterocycles. The van der Waals surface area contributed by atoms with E-state index in [1.165, 1.54) is 23.9 Å². The molecule has 1 aliphatic rings. The van der Waals surface area contributed by atoms with Gasteiger partial charge in [-0.2, -0.15) is 0 Å². The van der Waals surface area contributed by atoms with Crippen molar-refractivity contribution in [3.63, 3.8) is 0 Å². The third-order valence-corrected chi connectivity index (χ3v) is 8.54. The van der Waals surface area contributed by atoms with Crippen LogP contribution >= 0.6 is 23.4 Å². The maximum atomic E-state index is 13.2. The molecule has 0 atom stereocenters. The van der Waals surface area contributed by atoms with E-state index in [1.54, 1.807) is 24.3 Å². The highest BCUT2D eigenvalue weighted by Crippen LogP contribution is 2.44. The van der Waals surface area contributed by atoms with Gasteiger partial charge in [0.05, 0.1) is 9.92 Å². The van der Waals surface area contributed by atoms with Crippen LogP contribution in [-0.4, -0.2) is 14.2 Å². The van der Waals surface area contributed by atoms with E-state index in [0.717, 1.165) is 16.0 Å². The molecule has 1 aliphatic heterocycles. The first-order chi connectivity index (χ1) is 12.8. The molecule has 0 aliphatic carbocycles. The Balaban J connectivity index is 1.92. The van der Waals surface area contributed by atoms with Gasteiger partial charge in [0.1, 0.15) is 4.90 Å². The maximum absolute atomic E-state index is 13.2. The van der Waals surface area contributed by atoms with Crippen molar-refractivity contribution in [2.75, 3.05) is 0 Å². The van der Waals surface area contributed by atoms with E-state index >= 15 is 0 Å². The van der Waals surface area contributed by atoms with Crippen LogP contribution in [0.2, 0.25) is 5.02 Å². The third kappa shape index (κ3) is 2.81. The van der Waals surface area contributed by atoms with E-state index in [4.69, 9.17) is 11.6 Å². The molecule has 0 fully saturated rings. The molecule has 3 aromatic rings. The van der Waals surface area contributed by atoms with Gasteiger partial charge < -0.3 is 0 Å². The Kier molecular flexibility index (Phi) is 4.41. The normalized spacial score (nSPS) is 14.6. The smallest absolute Gasteiger partial charge is 0.209 e. The fraction of sp³-hybridized carbons (Fsp3) is 0.0952. The predicted molar refractivity (Wildman–Crippen MR) is 107 cm³/mol. The van der Waals surface area contributed by atoms with Crippen LogP contribution in [0.4, 0.5) is 0 Å². The highest BCUT2D eigenvalue weighted by atomic mass is 35.5. The average Bonchev–Trinajstić information content (AvgIpc) is 2.64. The van der Waals surface area contributed by atoms with E-state index < -0.39 is 9.84 Å². The first-order valence-corrected chi connectivity index (χ1v) is 11.0. The zero-order valence-electron chi connectivity index (χ0n) is 14.6. The van der Waals surface area contributed by atoms with Gasteiger partial charge in [0.2, 0.25) is 9.84 Å².